The van der Waals surface area contributed by atoms with Gasteiger partial charge in [0.15, 0.2) is 0 Å². The fraction of sp³-hybridized carbons (Fsp3) is 0.579. The molecule has 1 aliphatic carbocycles. The fourth-order valence-electron chi connectivity index (χ4n) is 3.64. The number of nitrogens with two attached hydrogens (primary N) is 1. The van der Waals surface area contributed by atoms with Gasteiger partial charge in [-0.2, -0.15) is 0 Å². The first-order valence-electron chi connectivity index (χ1n) is 8.82. The number of rotatable bonds is 4. The van der Waals surface area contributed by atoms with Crippen LogP contribution in [0.4, 0.5) is 0 Å². The molecular weight excluding hydrogens is 302 g/mol. The van der Waals surface area contributed by atoms with Crippen LogP contribution in [0.25, 0.3) is 0 Å². The number of aryl methyl sites for hydroxylation is 2. The van der Waals surface area contributed by atoms with Crippen molar-refractivity contribution < 1.29 is 9.59 Å². The van der Waals surface area contributed by atoms with Gasteiger partial charge in [-0.05, 0) is 49.3 Å². The number of benzene rings is 1. The molecule has 0 bridgehead atoms. The van der Waals surface area contributed by atoms with E-state index in [0.29, 0.717) is 12.5 Å². The van der Waals surface area contributed by atoms with E-state index in [1.54, 1.807) is 0 Å². The standard InChI is InChI=1S/C19H27N3O2/c1-13-4-5-15(10-14(13)2)16-11-17(16)19(24)22-7-3-6-21(8-9-22)12-18(20)23/h4-5,10,16-17H,3,6-9,11-12H2,1-2H3,(H2,20,23)/t16-,17-/m0/s1. The lowest BCUT2D eigenvalue weighted by Gasteiger charge is -2.21. The van der Waals surface area contributed by atoms with Gasteiger partial charge in [-0.25, -0.2) is 0 Å². The SMILES string of the molecule is Cc1ccc([C@@H]2C[C@@H]2C(=O)N2CCCN(CC(N)=O)CC2)cc1C. The average Bonchev–Trinajstić information content (AvgIpc) is 3.33. The normalized spacial score (nSPS) is 24.5. The first-order valence-corrected chi connectivity index (χ1v) is 8.82. The topological polar surface area (TPSA) is 66.6 Å². The molecule has 3 rings (SSSR count). The molecule has 1 aromatic rings. The van der Waals surface area contributed by atoms with E-state index in [-0.39, 0.29) is 24.3 Å². The maximum Gasteiger partial charge on any atom is 0.231 e. The van der Waals surface area contributed by atoms with Crippen LogP contribution in [0.5, 0.6) is 0 Å². The van der Waals surface area contributed by atoms with E-state index in [0.717, 1.165) is 32.5 Å². The molecule has 1 heterocycles. The quantitative estimate of drug-likeness (QED) is 0.909. The van der Waals surface area contributed by atoms with Gasteiger partial charge in [0.1, 0.15) is 0 Å². The Balaban J connectivity index is 1.57. The van der Waals surface area contributed by atoms with Gasteiger partial charge in [-0.3, -0.25) is 14.5 Å². The van der Waals surface area contributed by atoms with Crippen molar-refractivity contribution in [3.63, 3.8) is 0 Å². The van der Waals surface area contributed by atoms with Crippen LogP contribution >= 0.6 is 0 Å². The largest absolute Gasteiger partial charge is 0.369 e. The van der Waals surface area contributed by atoms with Crippen molar-refractivity contribution in [2.75, 3.05) is 32.7 Å². The minimum Gasteiger partial charge on any atom is -0.369 e. The Labute approximate surface area is 143 Å². The van der Waals surface area contributed by atoms with Gasteiger partial charge in [0.05, 0.1) is 6.54 Å². The second kappa shape index (κ2) is 6.93. The predicted octanol–water partition coefficient (Wildman–Crippen LogP) is 1.43. The number of nitrogens with zero attached hydrogens (tertiary/aromatic N) is 2. The second-order valence-electron chi connectivity index (χ2n) is 7.21. The average molecular weight is 329 g/mol. The minimum absolute atomic E-state index is 0.134. The van der Waals surface area contributed by atoms with Crippen LogP contribution in [0, 0.1) is 19.8 Å². The summed E-state index contributed by atoms with van der Waals surface area (Å²) >= 11 is 0. The summed E-state index contributed by atoms with van der Waals surface area (Å²) < 4.78 is 0. The van der Waals surface area contributed by atoms with Crippen LogP contribution in [0.1, 0.15) is 35.4 Å². The Bertz CT molecular complexity index is 643. The number of carbonyl (C=O) groups excluding carboxylic acids is 2. The fourth-order valence-corrected chi connectivity index (χ4v) is 3.64. The lowest BCUT2D eigenvalue weighted by Crippen LogP contribution is -2.38. The third-order valence-electron chi connectivity index (χ3n) is 5.35. The lowest BCUT2D eigenvalue weighted by molar-refractivity contribution is -0.132. The Morgan fingerprint density at radius 1 is 1.12 bits per heavy atom. The van der Waals surface area contributed by atoms with E-state index < -0.39 is 0 Å². The van der Waals surface area contributed by atoms with Crippen LogP contribution in [-0.4, -0.2) is 54.3 Å². The van der Waals surface area contributed by atoms with Gasteiger partial charge >= 0.3 is 0 Å². The number of hydrogen-bond donors (Lipinski definition) is 1. The van der Waals surface area contributed by atoms with E-state index in [1.807, 2.05) is 9.80 Å². The molecule has 5 heteroatoms. The molecule has 130 valence electrons. The molecule has 2 N–H and O–H groups in total. The Kier molecular flexibility index (Phi) is 4.90. The summed E-state index contributed by atoms with van der Waals surface area (Å²) in [5.74, 6) is 0.488. The zero-order chi connectivity index (χ0) is 17.3. The summed E-state index contributed by atoms with van der Waals surface area (Å²) in [4.78, 5) is 27.9. The molecule has 1 aliphatic heterocycles. The summed E-state index contributed by atoms with van der Waals surface area (Å²) in [5.41, 5.74) is 9.15. The second-order valence-corrected chi connectivity index (χ2v) is 7.21. The molecule has 24 heavy (non-hydrogen) atoms. The molecule has 1 saturated heterocycles. The predicted molar refractivity (Wildman–Crippen MR) is 93.6 cm³/mol. The summed E-state index contributed by atoms with van der Waals surface area (Å²) in [5, 5.41) is 0. The van der Waals surface area contributed by atoms with Crippen LogP contribution in [0.15, 0.2) is 18.2 Å². The van der Waals surface area contributed by atoms with E-state index in [1.165, 1.54) is 16.7 Å². The van der Waals surface area contributed by atoms with Crippen molar-refractivity contribution in [1.82, 2.24) is 9.80 Å². The molecule has 0 radical (unpaired) electrons. The third kappa shape index (κ3) is 3.78. The van der Waals surface area contributed by atoms with Crippen LogP contribution in [-0.2, 0) is 9.59 Å². The highest BCUT2D eigenvalue weighted by atomic mass is 16.2. The summed E-state index contributed by atoms with van der Waals surface area (Å²) in [6, 6.07) is 6.54. The third-order valence-corrected chi connectivity index (χ3v) is 5.35. The molecular formula is C19H27N3O2. The maximum atomic E-state index is 12.8. The van der Waals surface area contributed by atoms with Gasteiger partial charge < -0.3 is 10.6 Å². The highest BCUT2D eigenvalue weighted by molar-refractivity contribution is 5.83. The van der Waals surface area contributed by atoms with Gasteiger partial charge in [-0.15, -0.1) is 0 Å². The van der Waals surface area contributed by atoms with E-state index >= 15 is 0 Å². The minimum atomic E-state index is -0.299. The highest BCUT2D eigenvalue weighted by Gasteiger charge is 2.45. The highest BCUT2D eigenvalue weighted by Crippen LogP contribution is 2.48. The molecule has 2 amide bonds. The van der Waals surface area contributed by atoms with Crippen molar-refractivity contribution in [1.29, 1.82) is 0 Å². The molecule has 0 aromatic heterocycles. The Morgan fingerprint density at radius 2 is 1.92 bits per heavy atom. The summed E-state index contributed by atoms with van der Waals surface area (Å²) in [6.45, 7) is 7.57. The monoisotopic (exact) mass is 329 g/mol. The smallest absolute Gasteiger partial charge is 0.231 e. The van der Waals surface area contributed by atoms with Gasteiger partial charge in [0, 0.05) is 32.1 Å². The van der Waals surface area contributed by atoms with Crippen molar-refractivity contribution in [3.8, 4) is 0 Å². The molecule has 2 aliphatic rings. The molecule has 1 aromatic carbocycles. The number of hydrogen-bond acceptors (Lipinski definition) is 3. The molecule has 0 unspecified atom stereocenters. The van der Waals surface area contributed by atoms with Gasteiger partial charge in [0.25, 0.3) is 0 Å². The number of carbonyl (C=O) groups is 2. The van der Waals surface area contributed by atoms with Crippen molar-refractivity contribution in [2.45, 2.75) is 32.6 Å². The Hall–Kier alpha value is -1.88. The van der Waals surface area contributed by atoms with Crippen LogP contribution in [0.3, 0.4) is 0 Å². The zero-order valence-electron chi connectivity index (χ0n) is 14.6. The lowest BCUT2D eigenvalue weighted by atomic mass is 10.0. The van der Waals surface area contributed by atoms with Crippen LogP contribution < -0.4 is 5.73 Å². The number of primary amides is 1. The Morgan fingerprint density at radius 3 is 2.62 bits per heavy atom. The molecule has 2 fully saturated rings. The maximum absolute atomic E-state index is 12.8. The molecule has 5 nitrogen and oxygen atoms in total. The summed E-state index contributed by atoms with van der Waals surface area (Å²) in [6.07, 6.45) is 1.86. The first kappa shape index (κ1) is 17.0. The van der Waals surface area contributed by atoms with Gasteiger partial charge in [-0.1, -0.05) is 18.2 Å². The molecule has 2 atom stereocenters. The van der Waals surface area contributed by atoms with Gasteiger partial charge in [0.2, 0.25) is 11.8 Å². The van der Waals surface area contributed by atoms with Crippen LogP contribution in [0.2, 0.25) is 0 Å². The van der Waals surface area contributed by atoms with E-state index in [4.69, 9.17) is 5.73 Å². The number of amides is 2. The summed E-state index contributed by atoms with van der Waals surface area (Å²) in [7, 11) is 0. The van der Waals surface area contributed by atoms with E-state index in [9.17, 15) is 9.59 Å². The zero-order valence-corrected chi connectivity index (χ0v) is 14.6. The van der Waals surface area contributed by atoms with Crippen molar-refractivity contribution >= 4 is 11.8 Å². The van der Waals surface area contributed by atoms with Crippen molar-refractivity contribution in [3.05, 3.63) is 34.9 Å². The molecule has 0 spiro atoms. The van der Waals surface area contributed by atoms with Crippen molar-refractivity contribution in [2.24, 2.45) is 11.7 Å². The first-order chi connectivity index (χ1) is 11.5. The van der Waals surface area contributed by atoms with E-state index in [2.05, 4.69) is 32.0 Å². The molecule has 1 saturated carbocycles.